The highest BCUT2D eigenvalue weighted by Crippen LogP contribution is 2.34. The monoisotopic (exact) mass is 402 g/mol. The van der Waals surface area contributed by atoms with Crippen LogP contribution in [0.1, 0.15) is 30.8 Å². The van der Waals surface area contributed by atoms with Gasteiger partial charge in [0.1, 0.15) is 17.0 Å². The Morgan fingerprint density at radius 1 is 1.10 bits per heavy atom. The molecular formula is C24H22N2O2S. The van der Waals surface area contributed by atoms with E-state index in [2.05, 4.69) is 34.4 Å². The van der Waals surface area contributed by atoms with Gasteiger partial charge < -0.3 is 4.42 Å². The molecule has 4 rings (SSSR count). The maximum atomic E-state index is 12.3. The largest absolute Gasteiger partial charge is 0.454 e. The van der Waals surface area contributed by atoms with Crippen molar-refractivity contribution in [3.05, 3.63) is 66.6 Å². The highest BCUT2D eigenvalue weighted by Gasteiger charge is 2.16. The van der Waals surface area contributed by atoms with Gasteiger partial charge in [0.2, 0.25) is 0 Å². The average Bonchev–Trinajstić information content (AvgIpc) is 3.22. The van der Waals surface area contributed by atoms with Crippen LogP contribution in [0.15, 0.2) is 70.2 Å². The maximum Gasteiger partial charge on any atom is 0.183 e. The first-order chi connectivity index (χ1) is 14.1. The minimum Gasteiger partial charge on any atom is -0.454 e. The number of pyridine rings is 2. The van der Waals surface area contributed by atoms with Crippen LogP contribution in [0.4, 0.5) is 0 Å². The first kappa shape index (κ1) is 19.4. The van der Waals surface area contributed by atoms with E-state index >= 15 is 0 Å². The van der Waals surface area contributed by atoms with Crippen molar-refractivity contribution in [3.8, 4) is 22.5 Å². The van der Waals surface area contributed by atoms with Crippen LogP contribution < -0.4 is 0 Å². The van der Waals surface area contributed by atoms with Crippen LogP contribution in [-0.2, 0) is 0 Å². The number of benzene rings is 1. The standard InChI is InChI=1S/C24H22N2O2S/c1-4-15(2)23(27)20-9-8-17(14-26-20)22-13-21-24(28-22)19(10-11-25-21)16-6-5-7-18(12-16)29-3/h5-15H,4H2,1-3H3/t15-/m0/s1. The normalized spacial score (nSPS) is 12.2. The van der Waals surface area contributed by atoms with Crippen molar-refractivity contribution in [3.63, 3.8) is 0 Å². The molecule has 146 valence electrons. The third kappa shape index (κ3) is 3.83. The molecule has 0 bridgehead atoms. The highest BCUT2D eigenvalue weighted by molar-refractivity contribution is 7.98. The summed E-state index contributed by atoms with van der Waals surface area (Å²) in [7, 11) is 0. The molecule has 1 atom stereocenters. The quantitative estimate of drug-likeness (QED) is 0.272. The second-order valence-electron chi connectivity index (χ2n) is 7.02. The molecule has 29 heavy (non-hydrogen) atoms. The number of carbonyl (C=O) groups is 1. The molecule has 1 aromatic carbocycles. The van der Waals surface area contributed by atoms with Gasteiger partial charge in [0.15, 0.2) is 11.4 Å². The summed E-state index contributed by atoms with van der Waals surface area (Å²) in [4.78, 5) is 22.3. The van der Waals surface area contributed by atoms with Crippen molar-refractivity contribution in [2.24, 2.45) is 5.92 Å². The van der Waals surface area contributed by atoms with Gasteiger partial charge in [-0.3, -0.25) is 14.8 Å². The molecule has 0 unspecified atom stereocenters. The molecule has 0 radical (unpaired) electrons. The summed E-state index contributed by atoms with van der Waals surface area (Å²) in [6, 6.07) is 15.9. The van der Waals surface area contributed by atoms with Crippen LogP contribution in [0.3, 0.4) is 0 Å². The lowest BCUT2D eigenvalue weighted by atomic mass is 10.0. The number of furan rings is 1. The number of fused-ring (bicyclic) bond motifs is 1. The highest BCUT2D eigenvalue weighted by atomic mass is 32.2. The Bertz CT molecular complexity index is 1170. The van der Waals surface area contributed by atoms with Crippen LogP contribution in [-0.4, -0.2) is 22.0 Å². The molecule has 0 aliphatic rings. The van der Waals surface area contributed by atoms with Gasteiger partial charge in [-0.2, -0.15) is 0 Å². The number of rotatable bonds is 6. The molecule has 3 heterocycles. The number of thioether (sulfide) groups is 1. The molecule has 0 fully saturated rings. The molecule has 0 saturated heterocycles. The summed E-state index contributed by atoms with van der Waals surface area (Å²) in [6.07, 6.45) is 6.36. The van der Waals surface area contributed by atoms with E-state index in [0.29, 0.717) is 11.5 Å². The average molecular weight is 403 g/mol. The van der Waals surface area contributed by atoms with Crippen LogP contribution in [0.2, 0.25) is 0 Å². The van der Waals surface area contributed by atoms with Gasteiger partial charge in [-0.05, 0) is 48.6 Å². The molecule has 0 aliphatic carbocycles. The molecule has 0 N–H and O–H groups in total. The Hall–Kier alpha value is -2.92. The molecule has 0 saturated carbocycles. The van der Waals surface area contributed by atoms with Crippen molar-refractivity contribution in [1.29, 1.82) is 0 Å². The zero-order chi connectivity index (χ0) is 20.4. The Kier molecular flexibility index (Phi) is 5.49. The van der Waals surface area contributed by atoms with E-state index in [1.165, 1.54) is 4.90 Å². The minimum atomic E-state index is -0.0247. The molecule has 0 amide bonds. The predicted octanol–water partition coefficient (Wildman–Crippen LogP) is 6.51. The lowest BCUT2D eigenvalue weighted by molar-refractivity contribution is 0.0922. The molecule has 4 nitrogen and oxygen atoms in total. The lowest BCUT2D eigenvalue weighted by Crippen LogP contribution is -2.11. The Morgan fingerprint density at radius 3 is 2.69 bits per heavy atom. The van der Waals surface area contributed by atoms with Gasteiger partial charge in [-0.1, -0.05) is 26.0 Å². The van der Waals surface area contributed by atoms with Crippen LogP contribution in [0.5, 0.6) is 0 Å². The fourth-order valence-corrected chi connectivity index (χ4v) is 3.68. The Balaban J connectivity index is 1.72. The summed E-state index contributed by atoms with van der Waals surface area (Å²) in [6.45, 7) is 3.93. The third-order valence-electron chi connectivity index (χ3n) is 5.15. The van der Waals surface area contributed by atoms with Gasteiger partial charge in [0.05, 0.1) is 0 Å². The summed E-state index contributed by atoms with van der Waals surface area (Å²) in [5.74, 6) is 0.737. The number of Topliss-reactive ketones (excluding diaryl/α,β-unsaturated/α-hetero) is 1. The molecule has 4 aromatic rings. The van der Waals surface area contributed by atoms with Gasteiger partial charge in [0.25, 0.3) is 0 Å². The number of hydrogen-bond donors (Lipinski definition) is 0. The van der Waals surface area contributed by atoms with Crippen molar-refractivity contribution in [2.75, 3.05) is 6.26 Å². The summed E-state index contributed by atoms with van der Waals surface area (Å²) in [5.41, 5.74) is 4.97. The molecular weight excluding hydrogens is 380 g/mol. The van der Waals surface area contributed by atoms with E-state index in [1.807, 2.05) is 38.1 Å². The first-order valence-electron chi connectivity index (χ1n) is 9.64. The van der Waals surface area contributed by atoms with Gasteiger partial charge in [-0.15, -0.1) is 11.8 Å². The lowest BCUT2D eigenvalue weighted by Gasteiger charge is -2.06. The summed E-state index contributed by atoms with van der Waals surface area (Å²) in [5, 5.41) is 0. The van der Waals surface area contributed by atoms with Gasteiger partial charge in [0, 0.05) is 40.4 Å². The zero-order valence-corrected chi connectivity index (χ0v) is 17.5. The van der Waals surface area contributed by atoms with Crippen LogP contribution >= 0.6 is 11.8 Å². The Labute approximate surface area is 174 Å². The van der Waals surface area contributed by atoms with E-state index in [0.717, 1.165) is 34.2 Å². The SMILES string of the molecule is CC[C@H](C)C(=O)c1ccc(-c2cc3nccc(-c4cccc(SC)c4)c3o2)cn1. The number of ketones is 1. The van der Waals surface area contributed by atoms with E-state index in [1.54, 1.807) is 30.2 Å². The van der Waals surface area contributed by atoms with E-state index < -0.39 is 0 Å². The Morgan fingerprint density at radius 2 is 1.97 bits per heavy atom. The van der Waals surface area contributed by atoms with Gasteiger partial charge in [-0.25, -0.2) is 0 Å². The van der Waals surface area contributed by atoms with Crippen molar-refractivity contribution < 1.29 is 9.21 Å². The second-order valence-corrected chi connectivity index (χ2v) is 7.90. The number of carbonyl (C=O) groups excluding carboxylic acids is 1. The minimum absolute atomic E-state index is 0.0247. The topological polar surface area (TPSA) is 56.0 Å². The smallest absolute Gasteiger partial charge is 0.183 e. The third-order valence-corrected chi connectivity index (χ3v) is 5.88. The molecule has 5 heteroatoms. The predicted molar refractivity (Wildman–Crippen MR) is 118 cm³/mol. The first-order valence-corrected chi connectivity index (χ1v) is 10.9. The van der Waals surface area contributed by atoms with Crippen molar-refractivity contribution >= 4 is 28.6 Å². The number of hydrogen-bond acceptors (Lipinski definition) is 5. The van der Waals surface area contributed by atoms with Crippen molar-refractivity contribution in [2.45, 2.75) is 25.2 Å². The number of aromatic nitrogens is 2. The fourth-order valence-electron chi connectivity index (χ4n) is 3.22. The van der Waals surface area contributed by atoms with E-state index in [-0.39, 0.29) is 11.7 Å². The second kappa shape index (κ2) is 8.21. The zero-order valence-electron chi connectivity index (χ0n) is 16.7. The summed E-state index contributed by atoms with van der Waals surface area (Å²) >= 11 is 1.71. The van der Waals surface area contributed by atoms with Crippen LogP contribution in [0, 0.1) is 5.92 Å². The maximum absolute atomic E-state index is 12.3. The van der Waals surface area contributed by atoms with E-state index in [9.17, 15) is 4.79 Å². The fraction of sp³-hybridized carbons (Fsp3) is 0.208. The summed E-state index contributed by atoms with van der Waals surface area (Å²) < 4.78 is 6.19. The molecule has 3 aromatic heterocycles. The molecule has 0 aliphatic heterocycles. The molecule has 0 spiro atoms. The van der Waals surface area contributed by atoms with Gasteiger partial charge >= 0.3 is 0 Å². The van der Waals surface area contributed by atoms with Crippen molar-refractivity contribution in [1.82, 2.24) is 9.97 Å². The van der Waals surface area contributed by atoms with E-state index in [4.69, 9.17) is 4.42 Å². The van der Waals surface area contributed by atoms with Crippen LogP contribution in [0.25, 0.3) is 33.6 Å². The number of nitrogens with zero attached hydrogens (tertiary/aromatic N) is 2.